The van der Waals surface area contributed by atoms with Crippen LogP contribution in [0.1, 0.15) is 26.8 Å². The Labute approximate surface area is 118 Å². The Balaban J connectivity index is 2.41. The molecule has 1 aromatic carbocycles. The summed E-state index contributed by atoms with van der Waals surface area (Å²) in [5.74, 6) is -0.231. The topological polar surface area (TPSA) is 24.0 Å². The van der Waals surface area contributed by atoms with Crippen LogP contribution >= 0.6 is 12.2 Å². The minimum absolute atomic E-state index is 0.211. The first-order valence-corrected chi connectivity index (χ1v) is 7.09. The smallest absolute Gasteiger partial charge is 0.178 e. The second-order valence-electron chi connectivity index (χ2n) is 4.80. The zero-order valence-corrected chi connectivity index (χ0v) is 12.4. The number of benzene rings is 1. The van der Waals surface area contributed by atoms with Crippen molar-refractivity contribution in [3.05, 3.63) is 28.8 Å². The number of aromatic nitrogens is 2. The molecule has 0 amide bonds. The monoisotopic (exact) mass is 281 g/mol. The molecular weight excluding hydrogens is 261 g/mol. The molecule has 19 heavy (non-hydrogen) atoms. The zero-order chi connectivity index (χ0) is 14.0. The number of hydrogen-bond donors (Lipinski definition) is 1. The van der Waals surface area contributed by atoms with Gasteiger partial charge >= 0.3 is 0 Å². The molecule has 1 heterocycles. The number of imidazole rings is 1. The Morgan fingerprint density at radius 3 is 2.68 bits per heavy atom. The molecule has 0 fully saturated rings. The van der Waals surface area contributed by atoms with Crippen LogP contribution in [0.15, 0.2) is 18.2 Å². The van der Waals surface area contributed by atoms with Crippen molar-refractivity contribution in [2.45, 2.75) is 26.8 Å². The lowest BCUT2D eigenvalue weighted by molar-refractivity contribution is 0.262. The molecular formula is C14H20FN3S. The number of nitrogens with zero attached hydrogens (tertiary/aromatic N) is 2. The van der Waals surface area contributed by atoms with Crippen LogP contribution in [-0.4, -0.2) is 34.1 Å². The Hall–Kier alpha value is -1.20. The molecule has 0 aliphatic carbocycles. The Bertz CT molecular complexity index is 613. The molecule has 0 bridgehead atoms. The highest BCUT2D eigenvalue weighted by Crippen LogP contribution is 2.20. The van der Waals surface area contributed by atoms with Gasteiger partial charge in [0.1, 0.15) is 5.82 Å². The molecule has 0 saturated carbocycles. The van der Waals surface area contributed by atoms with Gasteiger partial charge in [-0.1, -0.05) is 13.8 Å². The molecule has 2 rings (SSSR count). The van der Waals surface area contributed by atoms with Crippen molar-refractivity contribution < 1.29 is 4.39 Å². The maximum absolute atomic E-state index is 13.4. The van der Waals surface area contributed by atoms with Crippen molar-refractivity contribution in [3.8, 4) is 0 Å². The van der Waals surface area contributed by atoms with E-state index in [9.17, 15) is 4.39 Å². The van der Waals surface area contributed by atoms with Crippen LogP contribution in [0.2, 0.25) is 0 Å². The molecule has 0 spiro atoms. The maximum Gasteiger partial charge on any atom is 0.178 e. The summed E-state index contributed by atoms with van der Waals surface area (Å²) in [4.78, 5) is 5.47. The number of hydrogen-bond acceptors (Lipinski definition) is 2. The molecule has 1 aromatic heterocycles. The van der Waals surface area contributed by atoms with Crippen molar-refractivity contribution in [1.82, 2.24) is 14.5 Å². The summed E-state index contributed by atoms with van der Waals surface area (Å²) in [5.41, 5.74) is 1.72. The second kappa shape index (κ2) is 5.84. The Morgan fingerprint density at radius 2 is 2.05 bits per heavy atom. The van der Waals surface area contributed by atoms with E-state index in [0.29, 0.717) is 4.77 Å². The van der Waals surface area contributed by atoms with E-state index in [-0.39, 0.29) is 11.9 Å². The van der Waals surface area contributed by atoms with Crippen LogP contribution in [-0.2, 0) is 0 Å². The van der Waals surface area contributed by atoms with E-state index < -0.39 is 0 Å². The molecule has 1 atom stereocenters. The van der Waals surface area contributed by atoms with Crippen molar-refractivity contribution in [3.63, 3.8) is 0 Å². The van der Waals surface area contributed by atoms with E-state index >= 15 is 0 Å². The fourth-order valence-electron chi connectivity index (χ4n) is 2.47. The van der Waals surface area contributed by atoms with Gasteiger partial charge in [0.25, 0.3) is 0 Å². The third-order valence-electron chi connectivity index (χ3n) is 3.54. The lowest BCUT2D eigenvalue weighted by Gasteiger charge is -2.24. The first-order valence-electron chi connectivity index (χ1n) is 6.69. The van der Waals surface area contributed by atoms with E-state index in [1.807, 2.05) is 4.57 Å². The third-order valence-corrected chi connectivity index (χ3v) is 3.84. The van der Waals surface area contributed by atoms with Crippen molar-refractivity contribution in [1.29, 1.82) is 0 Å². The van der Waals surface area contributed by atoms with E-state index in [4.69, 9.17) is 12.2 Å². The van der Waals surface area contributed by atoms with Crippen LogP contribution in [0.5, 0.6) is 0 Å². The maximum atomic E-state index is 13.4. The summed E-state index contributed by atoms with van der Waals surface area (Å²) >= 11 is 5.36. The van der Waals surface area contributed by atoms with E-state index in [1.54, 1.807) is 12.1 Å². The molecule has 3 nitrogen and oxygen atoms in total. The number of rotatable bonds is 5. The van der Waals surface area contributed by atoms with Gasteiger partial charge < -0.3 is 14.5 Å². The van der Waals surface area contributed by atoms with Gasteiger partial charge in [-0.05, 0) is 50.4 Å². The fraction of sp³-hybridized carbons (Fsp3) is 0.500. The number of halogens is 1. The number of nitrogens with one attached hydrogen (secondary N) is 1. The second-order valence-corrected chi connectivity index (χ2v) is 5.18. The van der Waals surface area contributed by atoms with Crippen LogP contribution in [0, 0.1) is 10.6 Å². The molecule has 0 aliphatic heterocycles. The van der Waals surface area contributed by atoms with Crippen LogP contribution in [0.3, 0.4) is 0 Å². The van der Waals surface area contributed by atoms with Gasteiger partial charge in [-0.25, -0.2) is 4.39 Å². The van der Waals surface area contributed by atoms with Gasteiger partial charge in [-0.15, -0.1) is 0 Å². The van der Waals surface area contributed by atoms with Crippen molar-refractivity contribution in [2.75, 3.05) is 19.6 Å². The average Bonchev–Trinajstić information content (AvgIpc) is 2.71. The van der Waals surface area contributed by atoms with E-state index in [1.165, 1.54) is 6.07 Å². The minimum Gasteiger partial charge on any atom is -0.331 e. The summed E-state index contributed by atoms with van der Waals surface area (Å²) in [7, 11) is 0. The molecule has 5 heteroatoms. The Kier molecular flexibility index (Phi) is 4.37. The highest BCUT2D eigenvalue weighted by Gasteiger charge is 2.14. The van der Waals surface area contributed by atoms with Gasteiger partial charge in [-0.2, -0.15) is 0 Å². The first kappa shape index (κ1) is 14.2. The highest BCUT2D eigenvalue weighted by atomic mass is 32.1. The molecule has 0 aliphatic rings. The molecule has 1 N–H and O–H groups in total. The van der Waals surface area contributed by atoms with Gasteiger partial charge in [0.15, 0.2) is 4.77 Å². The third kappa shape index (κ3) is 2.87. The number of H-pyrrole nitrogens is 1. The lowest BCUT2D eigenvalue weighted by Crippen LogP contribution is -2.29. The van der Waals surface area contributed by atoms with Crippen LogP contribution < -0.4 is 0 Å². The first-order chi connectivity index (χ1) is 9.06. The molecule has 0 radical (unpaired) electrons. The van der Waals surface area contributed by atoms with Gasteiger partial charge in [0.2, 0.25) is 0 Å². The standard InChI is InChI=1S/C14H20FN3S/c1-4-17(5-2)9-10(3)18-13-8-11(15)6-7-12(13)16-14(18)19/h6-8,10H,4-5,9H2,1-3H3,(H,16,19). The van der Waals surface area contributed by atoms with Crippen LogP contribution in [0.4, 0.5) is 4.39 Å². The van der Waals surface area contributed by atoms with E-state index in [0.717, 1.165) is 30.7 Å². The predicted molar refractivity (Wildman–Crippen MR) is 79.6 cm³/mol. The molecule has 1 unspecified atom stereocenters. The highest BCUT2D eigenvalue weighted by molar-refractivity contribution is 7.71. The van der Waals surface area contributed by atoms with Crippen LogP contribution in [0.25, 0.3) is 11.0 Å². The zero-order valence-electron chi connectivity index (χ0n) is 11.6. The fourth-order valence-corrected chi connectivity index (χ4v) is 2.86. The molecule has 0 saturated heterocycles. The predicted octanol–water partition coefficient (Wildman–Crippen LogP) is 3.74. The SMILES string of the molecule is CCN(CC)CC(C)n1c(=S)[nH]c2ccc(F)cc21. The largest absolute Gasteiger partial charge is 0.331 e. The summed E-state index contributed by atoms with van der Waals surface area (Å²) < 4.78 is 16.1. The normalized spacial score (nSPS) is 13.3. The van der Waals surface area contributed by atoms with E-state index in [2.05, 4.69) is 30.7 Å². The summed E-state index contributed by atoms with van der Waals surface area (Å²) in [6.45, 7) is 9.32. The Morgan fingerprint density at radius 1 is 1.37 bits per heavy atom. The van der Waals surface area contributed by atoms with Crippen molar-refractivity contribution in [2.24, 2.45) is 0 Å². The van der Waals surface area contributed by atoms with Gasteiger partial charge in [0, 0.05) is 12.6 Å². The molecule has 2 aromatic rings. The lowest BCUT2D eigenvalue weighted by atomic mass is 10.2. The van der Waals surface area contributed by atoms with Crippen molar-refractivity contribution >= 4 is 23.3 Å². The number of likely N-dealkylation sites (N-methyl/N-ethyl adjacent to an activating group) is 1. The number of fused-ring (bicyclic) bond motifs is 1. The quantitative estimate of drug-likeness (QED) is 0.844. The summed E-state index contributed by atoms with van der Waals surface area (Å²) in [6.07, 6.45) is 0. The molecule has 104 valence electrons. The number of aromatic amines is 1. The van der Waals surface area contributed by atoms with Gasteiger partial charge in [-0.3, -0.25) is 0 Å². The minimum atomic E-state index is -0.231. The van der Waals surface area contributed by atoms with Gasteiger partial charge in [0.05, 0.1) is 11.0 Å². The summed E-state index contributed by atoms with van der Waals surface area (Å²) in [6, 6.07) is 4.94. The summed E-state index contributed by atoms with van der Waals surface area (Å²) in [5, 5.41) is 0. The average molecular weight is 281 g/mol.